The van der Waals surface area contributed by atoms with Crippen LogP contribution in [0.15, 0.2) is 30.3 Å². The summed E-state index contributed by atoms with van der Waals surface area (Å²) >= 11 is 0. The van der Waals surface area contributed by atoms with E-state index in [1.54, 1.807) is 18.2 Å². The van der Waals surface area contributed by atoms with Crippen molar-refractivity contribution in [1.29, 1.82) is 0 Å². The summed E-state index contributed by atoms with van der Waals surface area (Å²) < 4.78 is 0. The minimum atomic E-state index is -0.733. The number of benzene rings is 1. The molecule has 1 aromatic rings. The molecule has 2 rings (SSSR count). The third-order valence-corrected chi connectivity index (χ3v) is 3.78. The van der Waals surface area contributed by atoms with Gasteiger partial charge in [-0.25, -0.2) is 0 Å². The summed E-state index contributed by atoms with van der Waals surface area (Å²) in [5.41, 5.74) is 0.852. The van der Waals surface area contributed by atoms with E-state index in [1.165, 1.54) is 13.0 Å². The van der Waals surface area contributed by atoms with Gasteiger partial charge in [0, 0.05) is 25.2 Å². The van der Waals surface area contributed by atoms with E-state index in [0.29, 0.717) is 6.54 Å². The second-order valence-electron chi connectivity index (χ2n) is 5.79. The average Bonchev–Trinajstić information content (AvgIpc) is 2.91. The van der Waals surface area contributed by atoms with E-state index in [0.717, 1.165) is 36.9 Å². The Morgan fingerprint density at radius 3 is 2.45 bits per heavy atom. The van der Waals surface area contributed by atoms with E-state index in [1.807, 2.05) is 12.1 Å². The van der Waals surface area contributed by atoms with Crippen molar-refractivity contribution in [3.8, 4) is 0 Å². The van der Waals surface area contributed by atoms with Crippen LogP contribution >= 0.6 is 0 Å². The number of hydrogen-bond acceptors (Lipinski definition) is 3. The lowest BCUT2D eigenvalue weighted by atomic mass is 10.0. The molecule has 1 fully saturated rings. The Hall–Kier alpha value is -2.14. The lowest BCUT2D eigenvalue weighted by molar-refractivity contribution is -0.117. The third kappa shape index (κ3) is 5.00. The lowest BCUT2D eigenvalue weighted by Gasteiger charge is -2.21. The predicted octanol–water partition coefficient (Wildman–Crippen LogP) is 2.08. The minimum absolute atomic E-state index is 0.118. The number of anilines is 1. The Kier molecular flexibility index (Phi) is 5.33. The molecular weight excluding hydrogens is 280 g/mol. The van der Waals surface area contributed by atoms with E-state index in [4.69, 9.17) is 0 Å². The first kappa shape index (κ1) is 16.2. The molecule has 0 saturated heterocycles. The molecule has 0 atom stereocenters. The Bertz CT molecular complexity index is 558. The van der Waals surface area contributed by atoms with Gasteiger partial charge >= 0.3 is 0 Å². The minimum Gasteiger partial charge on any atom is -0.388 e. The van der Waals surface area contributed by atoms with Crippen molar-refractivity contribution < 1.29 is 14.7 Å². The van der Waals surface area contributed by atoms with Crippen LogP contribution in [0.5, 0.6) is 0 Å². The molecule has 1 aliphatic rings. The van der Waals surface area contributed by atoms with Crippen LogP contribution in [0.3, 0.4) is 0 Å². The molecule has 0 unspecified atom stereocenters. The van der Waals surface area contributed by atoms with Gasteiger partial charge in [-0.2, -0.15) is 0 Å². The van der Waals surface area contributed by atoms with Crippen LogP contribution in [0.25, 0.3) is 6.08 Å². The molecule has 5 heteroatoms. The van der Waals surface area contributed by atoms with Crippen LogP contribution < -0.4 is 10.6 Å². The van der Waals surface area contributed by atoms with Crippen molar-refractivity contribution >= 4 is 23.6 Å². The van der Waals surface area contributed by atoms with Gasteiger partial charge in [0.05, 0.1) is 5.60 Å². The standard InChI is InChI=1S/C17H22N2O3/c1-13(20)19-15-7-4-14(5-8-15)6-9-16(21)18-12-17(22)10-2-3-11-17/h4-9,22H,2-3,10-12H2,1H3,(H,18,21)(H,19,20)/b9-6+. The maximum absolute atomic E-state index is 11.8. The highest BCUT2D eigenvalue weighted by Crippen LogP contribution is 2.28. The van der Waals surface area contributed by atoms with E-state index in [9.17, 15) is 14.7 Å². The van der Waals surface area contributed by atoms with Crippen molar-refractivity contribution in [2.75, 3.05) is 11.9 Å². The molecular formula is C17H22N2O3. The smallest absolute Gasteiger partial charge is 0.244 e. The largest absolute Gasteiger partial charge is 0.388 e. The van der Waals surface area contributed by atoms with Gasteiger partial charge < -0.3 is 15.7 Å². The summed E-state index contributed by atoms with van der Waals surface area (Å²) in [4.78, 5) is 22.7. The quantitative estimate of drug-likeness (QED) is 0.729. The predicted molar refractivity (Wildman–Crippen MR) is 86.2 cm³/mol. The van der Waals surface area contributed by atoms with Gasteiger partial charge in [0.15, 0.2) is 0 Å². The lowest BCUT2D eigenvalue weighted by Crippen LogP contribution is -2.40. The summed E-state index contributed by atoms with van der Waals surface area (Å²) in [7, 11) is 0. The van der Waals surface area contributed by atoms with Gasteiger partial charge in [0.2, 0.25) is 11.8 Å². The molecule has 22 heavy (non-hydrogen) atoms. The number of aliphatic hydroxyl groups is 1. The Morgan fingerprint density at radius 2 is 1.86 bits per heavy atom. The molecule has 1 aromatic carbocycles. The van der Waals surface area contributed by atoms with E-state index in [-0.39, 0.29) is 11.8 Å². The van der Waals surface area contributed by atoms with Crippen LogP contribution in [-0.2, 0) is 9.59 Å². The van der Waals surface area contributed by atoms with Crippen LogP contribution in [0, 0.1) is 0 Å². The maximum Gasteiger partial charge on any atom is 0.244 e. The van der Waals surface area contributed by atoms with Crippen molar-refractivity contribution in [3.63, 3.8) is 0 Å². The summed E-state index contributed by atoms with van der Waals surface area (Å²) in [5.74, 6) is -0.334. The summed E-state index contributed by atoms with van der Waals surface area (Å²) in [5, 5.41) is 15.6. The summed E-state index contributed by atoms with van der Waals surface area (Å²) in [6.07, 6.45) is 6.69. The SMILES string of the molecule is CC(=O)Nc1ccc(/C=C/C(=O)NCC2(O)CCCC2)cc1. The Labute approximate surface area is 130 Å². The van der Waals surface area contributed by atoms with Crippen molar-refractivity contribution in [1.82, 2.24) is 5.32 Å². The Balaban J connectivity index is 1.82. The number of carbonyl (C=O) groups excluding carboxylic acids is 2. The zero-order valence-corrected chi connectivity index (χ0v) is 12.8. The fraction of sp³-hybridized carbons (Fsp3) is 0.412. The highest BCUT2D eigenvalue weighted by atomic mass is 16.3. The van der Waals surface area contributed by atoms with Crippen LogP contribution in [0.1, 0.15) is 38.2 Å². The first-order chi connectivity index (χ1) is 10.5. The van der Waals surface area contributed by atoms with Crippen LogP contribution in [0.4, 0.5) is 5.69 Å². The zero-order chi connectivity index (χ0) is 16.0. The van der Waals surface area contributed by atoms with Gasteiger partial charge in [0.25, 0.3) is 0 Å². The topological polar surface area (TPSA) is 78.4 Å². The molecule has 0 aromatic heterocycles. The molecule has 1 aliphatic carbocycles. The highest BCUT2D eigenvalue weighted by Gasteiger charge is 2.30. The van der Waals surface area contributed by atoms with E-state index in [2.05, 4.69) is 10.6 Å². The van der Waals surface area contributed by atoms with Crippen LogP contribution in [0.2, 0.25) is 0 Å². The van der Waals surface area contributed by atoms with E-state index < -0.39 is 5.60 Å². The summed E-state index contributed by atoms with van der Waals surface area (Å²) in [6, 6.07) is 7.19. The second kappa shape index (κ2) is 7.22. The monoisotopic (exact) mass is 302 g/mol. The fourth-order valence-corrected chi connectivity index (χ4v) is 2.57. The molecule has 0 spiro atoms. The highest BCUT2D eigenvalue weighted by molar-refractivity contribution is 5.92. The number of nitrogens with one attached hydrogen (secondary N) is 2. The van der Waals surface area contributed by atoms with Gasteiger partial charge in [-0.1, -0.05) is 25.0 Å². The molecule has 0 radical (unpaired) electrons. The normalized spacial score (nSPS) is 16.6. The molecule has 0 heterocycles. The average molecular weight is 302 g/mol. The summed E-state index contributed by atoms with van der Waals surface area (Å²) in [6.45, 7) is 1.76. The number of carbonyl (C=O) groups is 2. The van der Waals surface area contributed by atoms with Crippen molar-refractivity contribution in [2.24, 2.45) is 0 Å². The number of rotatable bonds is 5. The van der Waals surface area contributed by atoms with Gasteiger partial charge in [-0.15, -0.1) is 0 Å². The van der Waals surface area contributed by atoms with Gasteiger partial charge in [0.1, 0.15) is 0 Å². The number of hydrogen-bond donors (Lipinski definition) is 3. The third-order valence-electron chi connectivity index (χ3n) is 3.78. The van der Waals surface area contributed by atoms with Crippen molar-refractivity contribution in [3.05, 3.63) is 35.9 Å². The van der Waals surface area contributed by atoms with Gasteiger partial charge in [-0.05, 0) is 36.6 Å². The molecule has 3 N–H and O–H groups in total. The molecule has 5 nitrogen and oxygen atoms in total. The first-order valence-electron chi connectivity index (χ1n) is 7.53. The second-order valence-corrected chi connectivity index (χ2v) is 5.79. The van der Waals surface area contributed by atoms with E-state index >= 15 is 0 Å². The molecule has 1 saturated carbocycles. The Morgan fingerprint density at radius 1 is 1.23 bits per heavy atom. The van der Waals surface area contributed by atoms with Crippen molar-refractivity contribution in [2.45, 2.75) is 38.2 Å². The molecule has 118 valence electrons. The first-order valence-corrected chi connectivity index (χ1v) is 7.53. The maximum atomic E-state index is 11.8. The molecule has 2 amide bonds. The molecule has 0 aliphatic heterocycles. The number of amides is 2. The zero-order valence-electron chi connectivity index (χ0n) is 12.8. The van der Waals surface area contributed by atoms with Crippen LogP contribution in [-0.4, -0.2) is 29.1 Å². The fourth-order valence-electron chi connectivity index (χ4n) is 2.57. The molecule has 0 bridgehead atoms. The van der Waals surface area contributed by atoms with Gasteiger partial charge in [-0.3, -0.25) is 9.59 Å².